The third kappa shape index (κ3) is 14.0. The molecule has 0 saturated carbocycles. The number of rotatable bonds is 12. The minimum absolute atomic E-state index is 0.00462. The van der Waals surface area contributed by atoms with E-state index in [1.54, 1.807) is 36.4 Å². The molecule has 30 nitrogen and oxygen atoms in total. The van der Waals surface area contributed by atoms with E-state index >= 15 is 4.79 Å². The van der Waals surface area contributed by atoms with E-state index in [9.17, 15) is 44.6 Å². The molecule has 8 aromatic rings. The number of aromatic hydroxyl groups is 2. The molecule has 2 unspecified atom stereocenters. The van der Waals surface area contributed by atoms with Gasteiger partial charge in [-0.05, 0) is 145 Å². The standard InChI is InChI=1S/C48H46N4O11S.C47H47N3O12S/c1-23-15-28-16-30-31(19-49)52-32-20-59-47(56)48(29-18-33(57-4)34(17-27(29)13-14-50-48)63-35(54)12-11-26-9-7-6-8-10-26)21-64-46(40(52)39(51-30)36(28)41(55)42(23)58-5)38-37(32)45-44(60-22-61-45)24(2)43(38)62-25(3)53;1-22-15-27-16-29-45(54)50-30-19-58-46(55)47(28-18-31(56-4)32(17-26(28)13-14-48-47)62-33(52)12-11-25-9-7-6-8-10-25)20-63-44(38(50)37(49-29)34(27)39(53)40(22)57-5)36-35(30)43-42(59-21-60-43)23(2)41(36)61-24(3)51/h6-12,15,17-18,30-32,39-40,46,50-51,55H,13-14,16,20-22H2,1-5H3;6-12,15,17-18,29-30,37-38,44-45,48-49,53-54H,13-14,16,19-21H2,1-5H3/b2*12-11+/t30-,31-,32-,39+,40?,46+,48+;29-,30-,37+,38?,44+,45-,47+/m00/s1. The number of ether oxygens (including phenoxy) is 14. The van der Waals surface area contributed by atoms with E-state index < -0.39 is 112 Å². The predicted molar refractivity (Wildman–Crippen MR) is 462 cm³/mol. The Kier molecular flexibility index (Phi) is 22.2. The van der Waals surface area contributed by atoms with Crippen molar-refractivity contribution in [2.75, 3.05) is 79.8 Å². The van der Waals surface area contributed by atoms with Crippen molar-refractivity contribution in [1.82, 2.24) is 31.1 Å². The molecule has 32 heteroatoms. The highest BCUT2D eigenvalue weighted by molar-refractivity contribution is 7.99. The second kappa shape index (κ2) is 33.3. The number of aryl methyl sites for hydroxylation is 2. The molecule has 0 amide bonds. The minimum Gasteiger partial charge on any atom is -0.504 e. The maximum atomic E-state index is 15.1. The quantitative estimate of drug-likeness (QED) is 0.0339. The monoisotopic (exact) mass is 1760 g/mol. The van der Waals surface area contributed by atoms with Gasteiger partial charge in [0.1, 0.15) is 37.0 Å². The lowest BCUT2D eigenvalue weighted by atomic mass is 9.72. The summed E-state index contributed by atoms with van der Waals surface area (Å²) in [6.07, 6.45) is 6.80. The first-order valence-electron chi connectivity index (χ1n) is 42.0. The van der Waals surface area contributed by atoms with Crippen molar-refractivity contribution in [3.8, 4) is 86.6 Å². The third-order valence-electron chi connectivity index (χ3n) is 26.5. The van der Waals surface area contributed by atoms with E-state index in [1.807, 2.05) is 105 Å². The fourth-order valence-electron chi connectivity index (χ4n) is 21.3. The Balaban J connectivity index is 0.000000166. The highest BCUT2D eigenvalue weighted by atomic mass is 32.2. The Morgan fingerprint density at radius 3 is 1.37 bits per heavy atom. The summed E-state index contributed by atoms with van der Waals surface area (Å²) in [4.78, 5) is 86.4. The number of nitrogens with one attached hydrogen (secondary N) is 4. The van der Waals surface area contributed by atoms with Crippen LogP contribution in [0.5, 0.6) is 80.5 Å². The SMILES string of the molecule is COc1cc2c(cc1OC(=O)/C=C/c1ccccc1)CCN[C@]21CS[C@@H]2c3c(OC(C)=O)c(C)c4c(c3[C@H](COC1=O)N1C2[C@@H]2N[C@@H](Cc3cc(C)c(OC)c(O)c32)[C@@H]1C#N)OCO4.COc1cc2c(cc1OC(=O)/C=C/c1ccccc1)CCN[C@]21CS[C@@H]2c3c(OC(C)=O)c(C)c4c(c3[C@H](COC1=O)N1C2[C@@H]2N[C@@H](Cc3cc(C)c(OC)c(O)c32)[C@@H]1O)OCO4. The van der Waals surface area contributed by atoms with Crippen molar-refractivity contribution in [3.05, 3.63) is 209 Å². The van der Waals surface area contributed by atoms with Gasteiger partial charge >= 0.3 is 35.8 Å². The molecule has 8 aromatic carbocycles. The second-order valence-corrected chi connectivity index (χ2v) is 35.7. The largest absolute Gasteiger partial charge is 0.504 e. The molecule has 127 heavy (non-hydrogen) atoms. The lowest BCUT2D eigenvalue weighted by molar-refractivity contribution is -0.164. The summed E-state index contributed by atoms with van der Waals surface area (Å²) in [6, 6.07) is 26.8. The number of hydrogen-bond acceptors (Lipinski definition) is 32. The van der Waals surface area contributed by atoms with Crippen LogP contribution in [-0.4, -0.2) is 177 Å². The normalized spacial score (nSPS) is 26.3. The summed E-state index contributed by atoms with van der Waals surface area (Å²) >= 11 is 2.88. The van der Waals surface area contributed by atoms with Crippen LogP contribution in [-0.2, 0) is 75.0 Å². The fraction of sp³-hybridized carbons (Fsp3) is 0.379. The first kappa shape index (κ1) is 84.5. The van der Waals surface area contributed by atoms with E-state index in [1.165, 1.54) is 78.0 Å². The third-order valence-corrected chi connectivity index (χ3v) is 29.4. The number of aliphatic hydroxyl groups excluding tert-OH is 1. The average molecular weight is 1760 g/mol. The van der Waals surface area contributed by atoms with Gasteiger partial charge < -0.3 is 92.3 Å². The van der Waals surface area contributed by atoms with Crippen LogP contribution in [0.25, 0.3) is 12.2 Å². The van der Waals surface area contributed by atoms with Crippen molar-refractivity contribution >= 4 is 71.5 Å². The Morgan fingerprint density at radius 2 is 0.937 bits per heavy atom. The maximum Gasteiger partial charge on any atom is 0.336 e. The van der Waals surface area contributed by atoms with Gasteiger partial charge in [0.05, 0.1) is 75.2 Å². The van der Waals surface area contributed by atoms with Gasteiger partial charge in [0.25, 0.3) is 0 Å². The average Bonchev–Trinajstić information content (AvgIpc) is 1.57. The van der Waals surface area contributed by atoms with Gasteiger partial charge in [0.15, 0.2) is 80.1 Å². The van der Waals surface area contributed by atoms with Crippen LogP contribution in [0.2, 0.25) is 0 Å². The first-order chi connectivity index (χ1) is 61.4. The number of piperazine rings is 2. The Bertz CT molecular complexity index is 6020. The van der Waals surface area contributed by atoms with Gasteiger partial charge in [-0.1, -0.05) is 72.8 Å². The number of nitriles is 1. The summed E-state index contributed by atoms with van der Waals surface area (Å²) in [6.45, 7) is 10.2. The summed E-state index contributed by atoms with van der Waals surface area (Å²) in [7, 11) is 5.98. The Morgan fingerprint density at radius 1 is 0.512 bits per heavy atom. The first-order valence-corrected chi connectivity index (χ1v) is 44.1. The molecule has 0 aromatic heterocycles. The van der Waals surface area contributed by atoms with Crippen molar-refractivity contribution in [2.45, 2.75) is 149 Å². The van der Waals surface area contributed by atoms with Crippen molar-refractivity contribution in [2.24, 2.45) is 0 Å². The van der Waals surface area contributed by atoms with E-state index in [0.717, 1.165) is 44.5 Å². The van der Waals surface area contributed by atoms with Gasteiger partial charge in [0.2, 0.25) is 13.6 Å². The number of fused-ring (bicyclic) bond motifs is 18. The zero-order valence-corrected chi connectivity index (χ0v) is 72.8. The van der Waals surface area contributed by atoms with Crippen molar-refractivity contribution in [1.29, 1.82) is 5.26 Å². The van der Waals surface area contributed by atoms with E-state index in [4.69, 9.17) is 66.3 Å². The number of esters is 6. The molecule has 2 spiro atoms. The van der Waals surface area contributed by atoms with Gasteiger partial charge in [0, 0.05) is 113 Å². The lowest BCUT2D eigenvalue weighted by Crippen LogP contribution is -2.69. The zero-order chi connectivity index (χ0) is 88.5. The van der Waals surface area contributed by atoms with Crippen molar-refractivity contribution in [3.63, 3.8) is 0 Å². The second-order valence-electron chi connectivity index (χ2n) is 33.5. The van der Waals surface area contributed by atoms with E-state index in [0.29, 0.717) is 140 Å². The molecule has 658 valence electrons. The summed E-state index contributed by atoms with van der Waals surface area (Å²) in [5.41, 5.74) is 9.76. The molecule has 4 saturated heterocycles. The number of nitrogens with zero attached hydrogens (tertiary/aromatic N) is 3. The number of thioether (sulfide) groups is 2. The molecule has 14 aliphatic heterocycles. The van der Waals surface area contributed by atoms with Gasteiger partial charge in [-0.3, -0.25) is 30.0 Å². The minimum atomic E-state index is -1.44. The van der Waals surface area contributed by atoms with Crippen molar-refractivity contribution < 1.29 is 110 Å². The summed E-state index contributed by atoms with van der Waals surface area (Å²) < 4.78 is 84.5. The molecule has 0 radical (unpaired) electrons. The highest BCUT2D eigenvalue weighted by Crippen LogP contribution is 2.67. The molecule has 4 fully saturated rings. The summed E-state index contributed by atoms with van der Waals surface area (Å²) in [5, 5.41) is 60.9. The van der Waals surface area contributed by atoms with Crippen LogP contribution in [0.1, 0.15) is 149 Å². The smallest absolute Gasteiger partial charge is 0.336 e. The maximum absolute atomic E-state index is 15.1. The molecule has 0 aliphatic carbocycles. The zero-order valence-electron chi connectivity index (χ0n) is 71.1. The molecular weight excluding hydrogens is 1670 g/mol. The lowest BCUT2D eigenvalue weighted by Gasteiger charge is -2.59. The van der Waals surface area contributed by atoms with E-state index in [2.05, 4.69) is 32.2 Å². The molecule has 14 aliphatic rings. The van der Waals surface area contributed by atoms with Crippen LogP contribution in [0.3, 0.4) is 0 Å². The Labute approximate surface area is 739 Å². The molecule has 8 bridgehead atoms. The van der Waals surface area contributed by atoms with Crippen LogP contribution < -0.4 is 78.1 Å². The highest BCUT2D eigenvalue weighted by Gasteiger charge is 2.63. The van der Waals surface area contributed by atoms with Gasteiger partial charge in [-0.25, -0.2) is 19.2 Å². The molecular formula is C95H93N7O23S2. The number of hydrogen-bond donors (Lipinski definition) is 7. The molecule has 14 heterocycles. The number of benzene rings is 8. The van der Waals surface area contributed by atoms with Crippen LogP contribution >= 0.6 is 23.5 Å². The molecule has 7 N–H and O–H groups in total. The van der Waals surface area contributed by atoms with Crippen LogP contribution in [0.15, 0.2) is 109 Å². The number of phenols is 2. The predicted octanol–water partition coefficient (Wildman–Crippen LogP) is 10.5. The number of methoxy groups -OCH3 is 4. The fourth-order valence-corrected chi connectivity index (χ4v) is 24.7. The van der Waals surface area contributed by atoms with Crippen LogP contribution in [0.4, 0.5) is 0 Å². The number of aliphatic hydroxyl groups is 1. The van der Waals surface area contributed by atoms with Crippen LogP contribution in [0, 0.1) is 39.0 Å². The van der Waals surface area contributed by atoms with Gasteiger partial charge in [-0.15, -0.1) is 23.5 Å². The number of carbonyl (C=O) groups is 6. The Hall–Kier alpha value is -12.0. The molecule has 22 rings (SSSR count). The van der Waals surface area contributed by atoms with E-state index in [-0.39, 0.29) is 78.8 Å². The number of phenolic OH excluding ortho intramolecular Hbond substituents is 2. The topological polar surface area (TPSA) is 371 Å². The summed E-state index contributed by atoms with van der Waals surface area (Å²) in [5.74, 6) is 0.743. The number of carbonyl (C=O) groups excluding carboxylic acids is 6. The van der Waals surface area contributed by atoms with Gasteiger partial charge in [-0.2, -0.15) is 5.26 Å². The molecule has 14 atom stereocenters.